The first-order chi connectivity index (χ1) is 9.67. The molecule has 3 nitrogen and oxygen atoms in total. The lowest BCUT2D eigenvalue weighted by Crippen LogP contribution is -1.85. The molecule has 1 aromatic heterocycles. The molecule has 3 heteroatoms. The smallest absolute Gasteiger partial charge is 0.187 e. The third-order valence-corrected chi connectivity index (χ3v) is 3.31. The Bertz CT molecular complexity index is 830. The zero-order valence-electron chi connectivity index (χ0n) is 11.0. The van der Waals surface area contributed by atoms with Gasteiger partial charge >= 0.3 is 0 Å². The molecule has 1 N–H and O–H groups in total. The summed E-state index contributed by atoms with van der Waals surface area (Å²) < 4.78 is 0. The summed E-state index contributed by atoms with van der Waals surface area (Å²) in [5, 5.41) is 10.7. The van der Waals surface area contributed by atoms with Gasteiger partial charge in [-0.25, -0.2) is 9.83 Å². The molecule has 0 radical (unpaired) electrons. The third kappa shape index (κ3) is 2.08. The van der Waals surface area contributed by atoms with Crippen LogP contribution >= 0.6 is 0 Å². The van der Waals surface area contributed by atoms with Gasteiger partial charge in [-0.2, -0.15) is 0 Å². The molecule has 96 valence electrons. The highest BCUT2D eigenvalue weighted by molar-refractivity contribution is 5.85. The number of hydrogen-bond donors (Lipinski definition) is 1. The molecule has 0 unspecified atom stereocenters. The van der Waals surface area contributed by atoms with Crippen LogP contribution in [0.3, 0.4) is 0 Å². The average Bonchev–Trinajstić information content (AvgIpc) is 2.48. The molecular formula is C17H12N2O. The van der Waals surface area contributed by atoms with E-state index in [9.17, 15) is 5.11 Å². The normalized spacial score (nSPS) is 10.4. The van der Waals surface area contributed by atoms with Crippen LogP contribution < -0.4 is 0 Å². The summed E-state index contributed by atoms with van der Waals surface area (Å²) in [6.07, 6.45) is 0. The van der Waals surface area contributed by atoms with E-state index < -0.39 is 0 Å². The number of rotatable bonds is 1. The Hall–Kier alpha value is -2.86. The van der Waals surface area contributed by atoms with Crippen molar-refractivity contribution in [3.63, 3.8) is 0 Å². The van der Waals surface area contributed by atoms with Crippen molar-refractivity contribution in [2.75, 3.05) is 0 Å². The van der Waals surface area contributed by atoms with E-state index in [1.165, 1.54) is 0 Å². The molecule has 0 saturated carbocycles. The maximum absolute atomic E-state index is 9.75. The molecule has 3 aromatic rings. The van der Waals surface area contributed by atoms with E-state index in [-0.39, 0.29) is 5.75 Å². The van der Waals surface area contributed by atoms with Gasteiger partial charge in [0.05, 0.1) is 17.8 Å². The minimum Gasteiger partial charge on any atom is -0.506 e. The van der Waals surface area contributed by atoms with Gasteiger partial charge < -0.3 is 5.11 Å². The molecule has 20 heavy (non-hydrogen) atoms. The molecule has 0 aliphatic rings. The lowest BCUT2D eigenvalue weighted by atomic mass is 10.0. The first-order valence-electron chi connectivity index (χ1n) is 6.25. The number of aryl methyl sites for hydroxylation is 1. The summed E-state index contributed by atoms with van der Waals surface area (Å²) in [5.41, 5.74) is 4.21. The summed E-state index contributed by atoms with van der Waals surface area (Å²) in [6.45, 7) is 8.74. The SMILES string of the molecule is [C-]#[N+]c1ccc(-c2ccc3nc(C)c(O)cc3c2)cc1. The van der Waals surface area contributed by atoms with Crippen LogP contribution in [-0.2, 0) is 0 Å². The number of pyridine rings is 1. The van der Waals surface area contributed by atoms with Crippen LogP contribution in [0.25, 0.3) is 26.9 Å². The van der Waals surface area contributed by atoms with Crippen LogP contribution in [0.5, 0.6) is 5.75 Å². The van der Waals surface area contributed by atoms with E-state index in [1.807, 2.05) is 30.3 Å². The lowest BCUT2D eigenvalue weighted by molar-refractivity contribution is 0.469. The Morgan fingerprint density at radius 3 is 2.40 bits per heavy atom. The van der Waals surface area contributed by atoms with Crippen molar-refractivity contribution in [2.24, 2.45) is 0 Å². The maximum atomic E-state index is 9.75. The number of aromatic nitrogens is 1. The summed E-state index contributed by atoms with van der Waals surface area (Å²) in [4.78, 5) is 7.73. The molecule has 2 aromatic carbocycles. The van der Waals surface area contributed by atoms with E-state index >= 15 is 0 Å². The summed E-state index contributed by atoms with van der Waals surface area (Å²) in [6, 6.07) is 15.1. The zero-order chi connectivity index (χ0) is 14.1. The lowest BCUT2D eigenvalue weighted by Gasteiger charge is -2.06. The van der Waals surface area contributed by atoms with Crippen molar-refractivity contribution in [3.05, 3.63) is 65.6 Å². The van der Waals surface area contributed by atoms with Gasteiger partial charge in [0.2, 0.25) is 0 Å². The number of aromatic hydroxyl groups is 1. The quantitative estimate of drug-likeness (QED) is 0.655. The van der Waals surface area contributed by atoms with E-state index in [0.717, 1.165) is 22.0 Å². The van der Waals surface area contributed by atoms with Gasteiger partial charge in [-0.15, -0.1) is 0 Å². The van der Waals surface area contributed by atoms with Crippen LogP contribution in [0.1, 0.15) is 5.69 Å². The Morgan fingerprint density at radius 1 is 1.00 bits per heavy atom. The summed E-state index contributed by atoms with van der Waals surface area (Å²) in [5.74, 6) is 0.206. The number of fused-ring (bicyclic) bond motifs is 1. The van der Waals surface area contributed by atoms with Crippen molar-refractivity contribution < 1.29 is 5.11 Å². The van der Waals surface area contributed by atoms with Crippen molar-refractivity contribution in [1.29, 1.82) is 0 Å². The molecule has 0 bridgehead atoms. The highest BCUT2D eigenvalue weighted by atomic mass is 16.3. The predicted molar refractivity (Wildman–Crippen MR) is 79.8 cm³/mol. The highest BCUT2D eigenvalue weighted by Crippen LogP contribution is 2.28. The van der Waals surface area contributed by atoms with Gasteiger partial charge in [-0.05, 0) is 36.2 Å². The molecule has 0 spiro atoms. The van der Waals surface area contributed by atoms with Gasteiger partial charge in [0.15, 0.2) is 5.69 Å². The van der Waals surface area contributed by atoms with Crippen LogP contribution in [0.4, 0.5) is 5.69 Å². The van der Waals surface area contributed by atoms with E-state index in [4.69, 9.17) is 6.57 Å². The van der Waals surface area contributed by atoms with Gasteiger partial charge in [-0.1, -0.05) is 30.3 Å². The van der Waals surface area contributed by atoms with Gasteiger partial charge in [-0.3, -0.25) is 0 Å². The van der Waals surface area contributed by atoms with Crippen LogP contribution in [0.2, 0.25) is 0 Å². The van der Waals surface area contributed by atoms with Gasteiger partial charge in [0.1, 0.15) is 5.75 Å². The van der Waals surface area contributed by atoms with Gasteiger partial charge in [0.25, 0.3) is 0 Å². The first kappa shape index (κ1) is 12.2. The van der Waals surface area contributed by atoms with Crippen LogP contribution in [0.15, 0.2) is 48.5 Å². The molecule has 0 amide bonds. The Labute approximate surface area is 117 Å². The molecule has 0 aliphatic carbocycles. The zero-order valence-corrected chi connectivity index (χ0v) is 11.0. The van der Waals surface area contributed by atoms with Crippen molar-refractivity contribution in [1.82, 2.24) is 4.98 Å². The second kappa shape index (κ2) is 4.67. The Kier molecular flexibility index (Phi) is 2.85. The standard InChI is InChI=1S/C17H12N2O/c1-11-17(20)10-14-9-13(5-8-16(14)19-11)12-3-6-15(18-2)7-4-12/h3-10,20H,1H3. The fourth-order valence-electron chi connectivity index (χ4n) is 2.17. The van der Waals surface area contributed by atoms with Gasteiger partial charge in [0, 0.05) is 5.39 Å². The fourth-order valence-corrected chi connectivity index (χ4v) is 2.17. The van der Waals surface area contributed by atoms with Crippen LogP contribution in [0, 0.1) is 13.5 Å². The second-order valence-corrected chi connectivity index (χ2v) is 4.66. The topological polar surface area (TPSA) is 37.5 Å². The van der Waals surface area contributed by atoms with Crippen molar-refractivity contribution in [2.45, 2.75) is 6.92 Å². The molecule has 0 aliphatic heterocycles. The Morgan fingerprint density at radius 2 is 1.70 bits per heavy atom. The minimum atomic E-state index is 0.206. The largest absolute Gasteiger partial charge is 0.506 e. The molecule has 3 rings (SSSR count). The summed E-state index contributed by atoms with van der Waals surface area (Å²) >= 11 is 0. The summed E-state index contributed by atoms with van der Waals surface area (Å²) in [7, 11) is 0. The van der Waals surface area contributed by atoms with Crippen molar-refractivity contribution in [3.8, 4) is 16.9 Å². The number of nitrogens with zero attached hydrogens (tertiary/aromatic N) is 2. The van der Waals surface area contributed by atoms with E-state index in [1.54, 1.807) is 25.1 Å². The second-order valence-electron chi connectivity index (χ2n) is 4.66. The minimum absolute atomic E-state index is 0.206. The fraction of sp³-hybridized carbons (Fsp3) is 0.0588. The Balaban J connectivity index is 2.12. The molecule has 1 heterocycles. The van der Waals surface area contributed by atoms with Crippen molar-refractivity contribution >= 4 is 16.6 Å². The molecule has 0 saturated heterocycles. The molecule has 0 fully saturated rings. The maximum Gasteiger partial charge on any atom is 0.187 e. The number of hydrogen-bond acceptors (Lipinski definition) is 2. The monoisotopic (exact) mass is 260 g/mol. The van der Waals surface area contributed by atoms with Crippen LogP contribution in [-0.4, -0.2) is 10.1 Å². The first-order valence-corrected chi connectivity index (χ1v) is 6.25. The van der Waals surface area contributed by atoms with E-state index in [0.29, 0.717) is 11.4 Å². The molecular weight excluding hydrogens is 248 g/mol. The number of benzene rings is 2. The predicted octanol–water partition coefficient (Wildman–Crippen LogP) is 4.47. The highest BCUT2D eigenvalue weighted by Gasteiger charge is 2.04. The third-order valence-electron chi connectivity index (χ3n) is 3.31. The average molecular weight is 260 g/mol. The molecule has 0 atom stereocenters. The van der Waals surface area contributed by atoms with E-state index in [2.05, 4.69) is 9.83 Å².